The van der Waals surface area contributed by atoms with E-state index in [1.165, 1.54) is 10.4 Å². The van der Waals surface area contributed by atoms with Crippen molar-refractivity contribution in [3.8, 4) is 5.75 Å². The fourth-order valence-corrected chi connectivity index (χ4v) is 5.02. The standard InChI is InChI=1S/C25H26N4O2S/c1-18-5-4-11-29-16-20(27-24(18)29)17-31-22-7-3-2-6-21(22)25(30)26-10-13-28-12-8-23-19(15-28)9-14-32-23/h2-7,9,11,14,16H,8,10,12-13,15,17H2,1H3,(H,26,30). The molecule has 0 spiro atoms. The number of aromatic nitrogens is 2. The third kappa shape index (κ3) is 4.40. The van der Waals surface area contributed by atoms with Gasteiger partial charge in [-0.2, -0.15) is 0 Å². The SMILES string of the molecule is Cc1cccn2cc(COc3ccccc3C(=O)NCCN3CCc4sccc4C3)nc12. The van der Waals surface area contributed by atoms with Gasteiger partial charge in [0.1, 0.15) is 18.0 Å². The number of carbonyl (C=O) groups excluding carboxylic acids is 1. The largest absolute Gasteiger partial charge is 0.486 e. The lowest BCUT2D eigenvalue weighted by atomic mass is 10.1. The Labute approximate surface area is 191 Å². The van der Waals surface area contributed by atoms with E-state index in [4.69, 9.17) is 4.74 Å². The third-order valence-corrected chi connectivity index (χ3v) is 6.86. The highest BCUT2D eigenvalue weighted by atomic mass is 32.1. The molecule has 7 heteroatoms. The minimum atomic E-state index is -0.111. The van der Waals surface area contributed by atoms with E-state index >= 15 is 0 Å². The van der Waals surface area contributed by atoms with Crippen LogP contribution < -0.4 is 10.1 Å². The van der Waals surface area contributed by atoms with Crippen molar-refractivity contribution in [2.24, 2.45) is 0 Å². The van der Waals surface area contributed by atoms with Gasteiger partial charge in [0.25, 0.3) is 5.91 Å². The van der Waals surface area contributed by atoms with Gasteiger partial charge in [-0.05, 0) is 54.1 Å². The van der Waals surface area contributed by atoms with Crippen LogP contribution in [0.2, 0.25) is 0 Å². The van der Waals surface area contributed by atoms with E-state index in [2.05, 4.69) is 26.6 Å². The van der Waals surface area contributed by atoms with Crippen LogP contribution >= 0.6 is 11.3 Å². The van der Waals surface area contributed by atoms with Crippen LogP contribution in [0, 0.1) is 6.92 Å². The predicted molar refractivity (Wildman–Crippen MR) is 126 cm³/mol. The Kier molecular flexibility index (Phi) is 5.92. The number of nitrogens with one attached hydrogen (secondary N) is 1. The number of pyridine rings is 1. The third-order valence-electron chi connectivity index (χ3n) is 5.84. The molecule has 1 aliphatic rings. The second-order valence-corrected chi connectivity index (χ2v) is 9.09. The van der Waals surface area contributed by atoms with Gasteiger partial charge in [-0.25, -0.2) is 4.98 Å². The Morgan fingerprint density at radius 3 is 3.03 bits per heavy atom. The van der Waals surface area contributed by atoms with Gasteiger partial charge >= 0.3 is 0 Å². The molecule has 0 aliphatic carbocycles. The summed E-state index contributed by atoms with van der Waals surface area (Å²) in [6, 6.07) is 13.6. The van der Waals surface area contributed by atoms with E-state index in [0.717, 1.165) is 43.0 Å². The molecule has 32 heavy (non-hydrogen) atoms. The van der Waals surface area contributed by atoms with Crippen LogP contribution in [-0.2, 0) is 19.6 Å². The maximum Gasteiger partial charge on any atom is 0.255 e. The number of fused-ring (bicyclic) bond motifs is 2. The second-order valence-electron chi connectivity index (χ2n) is 8.09. The molecule has 1 N–H and O–H groups in total. The van der Waals surface area contributed by atoms with Gasteiger partial charge in [0.05, 0.1) is 11.3 Å². The highest BCUT2D eigenvalue weighted by Gasteiger charge is 2.18. The number of carbonyl (C=O) groups is 1. The molecular weight excluding hydrogens is 420 g/mol. The Morgan fingerprint density at radius 2 is 2.12 bits per heavy atom. The molecule has 1 aromatic carbocycles. The average molecular weight is 447 g/mol. The highest BCUT2D eigenvalue weighted by molar-refractivity contribution is 7.10. The number of para-hydroxylation sites is 1. The first-order valence-electron chi connectivity index (χ1n) is 10.9. The molecule has 5 rings (SSSR count). The van der Waals surface area contributed by atoms with Gasteiger partial charge in [-0.1, -0.05) is 18.2 Å². The monoisotopic (exact) mass is 446 g/mol. The van der Waals surface area contributed by atoms with Crippen molar-refractivity contribution in [2.45, 2.75) is 26.5 Å². The summed E-state index contributed by atoms with van der Waals surface area (Å²) in [5, 5.41) is 5.22. The van der Waals surface area contributed by atoms with Gasteiger partial charge in [0.2, 0.25) is 0 Å². The van der Waals surface area contributed by atoms with E-state index in [-0.39, 0.29) is 5.91 Å². The second kappa shape index (κ2) is 9.14. The van der Waals surface area contributed by atoms with Crippen LogP contribution in [0.5, 0.6) is 5.75 Å². The number of ether oxygens (including phenoxy) is 1. The molecule has 3 aromatic heterocycles. The predicted octanol–water partition coefficient (Wildman–Crippen LogP) is 4.07. The number of benzene rings is 1. The summed E-state index contributed by atoms with van der Waals surface area (Å²) in [5.74, 6) is 0.458. The zero-order chi connectivity index (χ0) is 21.9. The molecule has 0 saturated heterocycles. The Morgan fingerprint density at radius 1 is 1.22 bits per heavy atom. The lowest BCUT2D eigenvalue weighted by molar-refractivity contribution is 0.0942. The van der Waals surface area contributed by atoms with Crippen LogP contribution in [0.3, 0.4) is 0 Å². The number of thiophene rings is 1. The Balaban J connectivity index is 1.18. The summed E-state index contributed by atoms with van der Waals surface area (Å²) in [4.78, 5) is 21.4. The van der Waals surface area contributed by atoms with Gasteiger partial charge in [0, 0.05) is 43.4 Å². The number of imidazole rings is 1. The minimum absolute atomic E-state index is 0.111. The van der Waals surface area contributed by atoms with E-state index in [9.17, 15) is 4.79 Å². The summed E-state index contributed by atoms with van der Waals surface area (Å²) < 4.78 is 7.99. The number of hydrogen-bond donors (Lipinski definition) is 1. The van der Waals surface area contributed by atoms with E-state index in [1.807, 2.05) is 65.4 Å². The molecule has 1 aliphatic heterocycles. The first-order chi connectivity index (χ1) is 15.7. The van der Waals surface area contributed by atoms with Crippen molar-refractivity contribution in [3.05, 3.63) is 87.5 Å². The van der Waals surface area contributed by atoms with Gasteiger partial charge in [-0.3, -0.25) is 9.69 Å². The summed E-state index contributed by atoms with van der Waals surface area (Å²) >= 11 is 1.84. The van der Waals surface area contributed by atoms with E-state index in [1.54, 1.807) is 6.07 Å². The number of rotatable bonds is 7. The lowest BCUT2D eigenvalue weighted by Gasteiger charge is -2.26. The normalized spacial score (nSPS) is 13.8. The van der Waals surface area contributed by atoms with Gasteiger partial charge < -0.3 is 14.5 Å². The van der Waals surface area contributed by atoms with Gasteiger partial charge in [0.15, 0.2) is 0 Å². The van der Waals surface area contributed by atoms with Crippen molar-refractivity contribution in [1.29, 1.82) is 0 Å². The van der Waals surface area contributed by atoms with E-state index < -0.39 is 0 Å². The van der Waals surface area contributed by atoms with Crippen molar-refractivity contribution in [3.63, 3.8) is 0 Å². The fourth-order valence-electron chi connectivity index (χ4n) is 4.13. The molecule has 0 unspecified atom stereocenters. The molecule has 0 fully saturated rings. The Bertz CT molecular complexity index is 1250. The van der Waals surface area contributed by atoms with Crippen LogP contribution in [0.15, 0.2) is 60.2 Å². The van der Waals surface area contributed by atoms with Crippen LogP contribution in [0.25, 0.3) is 5.65 Å². The minimum Gasteiger partial charge on any atom is -0.486 e. The lowest BCUT2D eigenvalue weighted by Crippen LogP contribution is -2.37. The number of amides is 1. The topological polar surface area (TPSA) is 58.9 Å². The fraction of sp³-hybridized carbons (Fsp3) is 0.280. The molecular formula is C25H26N4O2S. The van der Waals surface area contributed by atoms with E-state index in [0.29, 0.717) is 24.5 Å². The first-order valence-corrected chi connectivity index (χ1v) is 11.8. The summed E-state index contributed by atoms with van der Waals surface area (Å²) in [5.41, 5.74) is 4.83. The van der Waals surface area contributed by atoms with Crippen molar-refractivity contribution >= 4 is 22.9 Å². The molecule has 4 aromatic rings. The molecule has 0 bridgehead atoms. The molecule has 164 valence electrons. The van der Waals surface area contributed by atoms with Crippen molar-refractivity contribution in [1.82, 2.24) is 19.6 Å². The van der Waals surface area contributed by atoms with Crippen LogP contribution in [0.4, 0.5) is 0 Å². The van der Waals surface area contributed by atoms with Crippen LogP contribution in [0.1, 0.15) is 32.1 Å². The summed E-state index contributed by atoms with van der Waals surface area (Å²) in [7, 11) is 0. The van der Waals surface area contributed by atoms with Crippen molar-refractivity contribution in [2.75, 3.05) is 19.6 Å². The molecule has 1 amide bonds. The Hall–Kier alpha value is -3.16. The molecule has 0 saturated carbocycles. The molecule has 0 atom stereocenters. The maximum absolute atomic E-state index is 12.8. The smallest absolute Gasteiger partial charge is 0.255 e. The number of nitrogens with zero attached hydrogens (tertiary/aromatic N) is 3. The number of hydrogen-bond acceptors (Lipinski definition) is 5. The van der Waals surface area contributed by atoms with Gasteiger partial charge in [-0.15, -0.1) is 11.3 Å². The first kappa shape index (κ1) is 20.7. The van der Waals surface area contributed by atoms with Crippen molar-refractivity contribution < 1.29 is 9.53 Å². The molecule has 6 nitrogen and oxygen atoms in total. The quantitative estimate of drug-likeness (QED) is 0.465. The zero-order valence-electron chi connectivity index (χ0n) is 18.1. The summed E-state index contributed by atoms with van der Waals surface area (Å²) in [6.07, 6.45) is 5.03. The van der Waals surface area contributed by atoms with Crippen LogP contribution in [-0.4, -0.2) is 39.8 Å². The number of aryl methyl sites for hydroxylation is 1. The zero-order valence-corrected chi connectivity index (χ0v) is 18.9. The molecule has 0 radical (unpaired) electrons. The average Bonchev–Trinajstić information content (AvgIpc) is 3.45. The molecule has 4 heterocycles. The maximum atomic E-state index is 12.8. The highest BCUT2D eigenvalue weighted by Crippen LogP contribution is 2.24. The summed E-state index contributed by atoms with van der Waals surface area (Å²) in [6.45, 7) is 5.80.